The van der Waals surface area contributed by atoms with Gasteiger partial charge in [-0.15, -0.1) is 11.3 Å². The Hall–Kier alpha value is -2.91. The minimum Gasteiger partial charge on any atom is -0.407 e. The van der Waals surface area contributed by atoms with Gasteiger partial charge in [0.25, 0.3) is 5.91 Å². The molecule has 1 aromatic carbocycles. The Kier molecular flexibility index (Phi) is 5.62. The van der Waals surface area contributed by atoms with Crippen LogP contribution in [0.25, 0.3) is 10.4 Å². The van der Waals surface area contributed by atoms with E-state index in [4.69, 9.17) is 16.3 Å². The second-order valence-electron chi connectivity index (χ2n) is 8.63. The Morgan fingerprint density at radius 3 is 2.88 bits per heavy atom. The molecule has 2 aliphatic rings. The van der Waals surface area contributed by atoms with Crippen molar-refractivity contribution in [3.8, 4) is 16.2 Å². The predicted octanol–water partition coefficient (Wildman–Crippen LogP) is 4.06. The Morgan fingerprint density at radius 1 is 1.33 bits per heavy atom. The molecule has 3 aromatic rings. The van der Waals surface area contributed by atoms with E-state index in [0.717, 1.165) is 21.9 Å². The third kappa shape index (κ3) is 4.35. The lowest BCUT2D eigenvalue weighted by molar-refractivity contribution is 0.0700. The molecule has 172 valence electrons. The van der Waals surface area contributed by atoms with Crippen molar-refractivity contribution in [2.45, 2.75) is 26.3 Å². The van der Waals surface area contributed by atoms with E-state index in [-0.39, 0.29) is 11.9 Å². The molecule has 3 atom stereocenters. The van der Waals surface area contributed by atoms with Gasteiger partial charge in [-0.25, -0.2) is 9.78 Å². The molecule has 5 rings (SSSR count). The third-order valence-electron chi connectivity index (χ3n) is 6.21. The molecule has 1 saturated carbocycles. The van der Waals surface area contributed by atoms with Gasteiger partial charge in [-0.05, 0) is 49.8 Å². The summed E-state index contributed by atoms with van der Waals surface area (Å²) in [5.41, 5.74) is 1.96. The van der Waals surface area contributed by atoms with Gasteiger partial charge in [0.15, 0.2) is 5.75 Å². The summed E-state index contributed by atoms with van der Waals surface area (Å²) in [5.74, 6) is 1.18. The van der Waals surface area contributed by atoms with Gasteiger partial charge < -0.3 is 15.0 Å². The summed E-state index contributed by atoms with van der Waals surface area (Å²) in [6.45, 7) is 4.69. The molecule has 10 heteroatoms. The van der Waals surface area contributed by atoms with Crippen molar-refractivity contribution in [1.82, 2.24) is 25.0 Å². The largest absolute Gasteiger partial charge is 0.412 e. The summed E-state index contributed by atoms with van der Waals surface area (Å²) in [4.78, 5) is 33.2. The van der Waals surface area contributed by atoms with Gasteiger partial charge in [-0.1, -0.05) is 23.7 Å². The summed E-state index contributed by atoms with van der Waals surface area (Å²) < 4.78 is 6.98. The van der Waals surface area contributed by atoms with Crippen LogP contribution in [-0.4, -0.2) is 50.8 Å². The number of hydrogen-bond donors (Lipinski definition) is 1. The van der Waals surface area contributed by atoms with Crippen LogP contribution in [0.5, 0.6) is 5.75 Å². The lowest BCUT2D eigenvalue weighted by Gasteiger charge is -2.27. The van der Waals surface area contributed by atoms with Gasteiger partial charge >= 0.3 is 6.09 Å². The fraction of sp³-hybridized carbons (Fsp3) is 0.391. The fourth-order valence-electron chi connectivity index (χ4n) is 4.60. The van der Waals surface area contributed by atoms with Crippen molar-refractivity contribution in [3.63, 3.8) is 0 Å². The van der Waals surface area contributed by atoms with Gasteiger partial charge in [0.1, 0.15) is 11.4 Å². The van der Waals surface area contributed by atoms with Gasteiger partial charge in [-0.3, -0.25) is 9.48 Å². The van der Waals surface area contributed by atoms with E-state index < -0.39 is 6.09 Å². The number of carbonyl (C=O) groups is 2. The van der Waals surface area contributed by atoms with Crippen LogP contribution >= 0.6 is 22.9 Å². The summed E-state index contributed by atoms with van der Waals surface area (Å²) in [6.07, 6.45) is 2.18. The molecule has 1 aliphatic heterocycles. The molecular formula is C23H24ClN5O3S. The standard InChI is InChI=1S/C23H24ClN5O3S/c1-12-19(11-28(3)27-12)32-23(31)25-9-18-17-8-15(17)10-29(18)22(30)20-21(33-13(2)26-20)14-5-4-6-16(24)7-14/h4-7,11,15,17-18H,8-10H2,1-3H3,(H,25,31)/t15-,17-,18+/m0/s1. The van der Waals surface area contributed by atoms with E-state index >= 15 is 0 Å². The Labute approximate surface area is 200 Å². The number of aromatic nitrogens is 3. The number of halogens is 1. The molecule has 2 aromatic heterocycles. The van der Waals surface area contributed by atoms with E-state index in [1.165, 1.54) is 11.3 Å². The minimum atomic E-state index is -0.549. The lowest BCUT2D eigenvalue weighted by atomic mass is 10.1. The number of thiazole rings is 1. The van der Waals surface area contributed by atoms with Crippen LogP contribution in [0.1, 0.15) is 27.6 Å². The van der Waals surface area contributed by atoms with E-state index in [9.17, 15) is 9.59 Å². The zero-order chi connectivity index (χ0) is 23.3. The first kappa shape index (κ1) is 21.9. The smallest absolute Gasteiger partial charge is 0.407 e. The normalized spacial score (nSPS) is 21.1. The number of hydrogen-bond acceptors (Lipinski definition) is 6. The van der Waals surface area contributed by atoms with Gasteiger partial charge in [0.2, 0.25) is 0 Å². The zero-order valence-electron chi connectivity index (χ0n) is 18.5. The van der Waals surface area contributed by atoms with Crippen LogP contribution in [0.15, 0.2) is 30.5 Å². The van der Waals surface area contributed by atoms with Crippen LogP contribution < -0.4 is 10.1 Å². The predicted molar refractivity (Wildman–Crippen MR) is 126 cm³/mol. The maximum absolute atomic E-state index is 13.6. The minimum absolute atomic E-state index is 0.0840. The number of nitrogens with one attached hydrogen (secondary N) is 1. The number of rotatable bonds is 5. The van der Waals surface area contributed by atoms with Crippen molar-refractivity contribution in [3.05, 3.63) is 51.9 Å². The number of likely N-dealkylation sites (tertiary alicyclic amines) is 1. The van der Waals surface area contributed by atoms with Gasteiger partial charge in [-0.2, -0.15) is 5.10 Å². The molecule has 1 aliphatic carbocycles. The molecule has 0 unspecified atom stereocenters. The van der Waals surface area contributed by atoms with Gasteiger partial charge in [0, 0.05) is 25.2 Å². The summed E-state index contributed by atoms with van der Waals surface area (Å²) in [6, 6.07) is 7.38. The topological polar surface area (TPSA) is 89.4 Å². The van der Waals surface area contributed by atoms with Crippen LogP contribution in [0, 0.1) is 25.7 Å². The average molecular weight is 486 g/mol. The Bertz CT molecular complexity index is 1240. The number of ether oxygens (including phenoxy) is 1. The summed E-state index contributed by atoms with van der Waals surface area (Å²) in [5, 5.41) is 8.45. The van der Waals surface area contributed by atoms with Crippen LogP contribution in [0.4, 0.5) is 4.79 Å². The lowest BCUT2D eigenvalue weighted by Crippen LogP contribution is -2.46. The molecule has 0 spiro atoms. The van der Waals surface area contributed by atoms with Crippen LogP contribution in [0.2, 0.25) is 5.02 Å². The molecule has 1 N–H and O–H groups in total. The quantitative estimate of drug-likeness (QED) is 0.588. The highest BCUT2D eigenvalue weighted by Crippen LogP contribution is 2.50. The van der Waals surface area contributed by atoms with Crippen LogP contribution in [0.3, 0.4) is 0 Å². The summed E-state index contributed by atoms with van der Waals surface area (Å²) >= 11 is 7.66. The van der Waals surface area contributed by atoms with Crippen molar-refractivity contribution >= 4 is 34.9 Å². The molecule has 2 fully saturated rings. The van der Waals surface area contributed by atoms with Crippen molar-refractivity contribution in [2.75, 3.05) is 13.1 Å². The first-order chi connectivity index (χ1) is 15.8. The maximum Gasteiger partial charge on any atom is 0.412 e. The molecule has 33 heavy (non-hydrogen) atoms. The molecule has 8 nitrogen and oxygen atoms in total. The highest BCUT2D eigenvalue weighted by Gasteiger charge is 2.54. The van der Waals surface area contributed by atoms with Gasteiger partial charge in [0.05, 0.1) is 22.1 Å². The number of benzene rings is 1. The second-order valence-corrected chi connectivity index (χ2v) is 10.3. The number of fused-ring (bicyclic) bond motifs is 1. The number of nitrogens with zero attached hydrogens (tertiary/aromatic N) is 4. The SMILES string of the molecule is Cc1nc(C(=O)N2C[C@@H]3C[C@@H]3[C@H]2CNC(=O)Oc2cn(C)nc2C)c(-c2cccc(Cl)c2)s1. The van der Waals surface area contributed by atoms with E-state index in [1.807, 2.05) is 36.1 Å². The number of aryl methyl sites for hydroxylation is 3. The highest BCUT2D eigenvalue weighted by molar-refractivity contribution is 7.15. The number of piperidine rings is 1. The number of carbonyl (C=O) groups excluding carboxylic acids is 2. The summed E-state index contributed by atoms with van der Waals surface area (Å²) in [7, 11) is 1.77. The van der Waals surface area contributed by atoms with Crippen molar-refractivity contribution in [1.29, 1.82) is 0 Å². The monoisotopic (exact) mass is 485 g/mol. The Morgan fingerprint density at radius 2 is 2.15 bits per heavy atom. The third-order valence-corrected chi connectivity index (χ3v) is 7.47. The van der Waals surface area contributed by atoms with E-state index in [2.05, 4.69) is 15.4 Å². The zero-order valence-corrected chi connectivity index (χ0v) is 20.1. The molecule has 3 heterocycles. The Balaban J connectivity index is 1.31. The molecule has 0 radical (unpaired) electrons. The first-order valence-electron chi connectivity index (χ1n) is 10.8. The second kappa shape index (κ2) is 8.46. The molecular weight excluding hydrogens is 462 g/mol. The fourth-order valence-corrected chi connectivity index (χ4v) is 5.70. The van der Waals surface area contributed by atoms with Crippen molar-refractivity contribution < 1.29 is 14.3 Å². The highest BCUT2D eigenvalue weighted by atomic mass is 35.5. The van der Waals surface area contributed by atoms with E-state index in [1.54, 1.807) is 24.9 Å². The first-order valence-corrected chi connectivity index (χ1v) is 12.0. The van der Waals surface area contributed by atoms with Crippen molar-refractivity contribution in [2.24, 2.45) is 18.9 Å². The van der Waals surface area contributed by atoms with E-state index in [0.29, 0.717) is 47.1 Å². The molecule has 2 amide bonds. The molecule has 1 saturated heterocycles. The molecule has 0 bridgehead atoms. The average Bonchev–Trinajstić information content (AvgIpc) is 3.10. The maximum atomic E-state index is 13.6. The van der Waals surface area contributed by atoms with Crippen LogP contribution in [-0.2, 0) is 7.05 Å². The number of amides is 2.